The number of rotatable bonds is 7. The normalized spacial score (nSPS) is 12.7. The topological polar surface area (TPSA) is 90.6 Å². The molecular formula is C15H23ClN2O4. The molecule has 0 heterocycles. The lowest BCUT2D eigenvalue weighted by Gasteiger charge is -2.27. The average Bonchev–Trinajstić information content (AvgIpc) is 2.45. The first-order valence-corrected chi connectivity index (χ1v) is 6.64. The molecule has 1 aromatic rings. The number of nitrogens with two attached hydrogens (primary N) is 1. The lowest BCUT2D eigenvalue weighted by molar-refractivity contribution is -0.152. The van der Waals surface area contributed by atoms with Crippen LogP contribution in [0.4, 0.5) is 5.69 Å². The van der Waals surface area contributed by atoms with E-state index in [2.05, 4.69) is 5.32 Å². The molecule has 1 unspecified atom stereocenters. The second-order valence-electron chi connectivity index (χ2n) is 5.00. The quantitative estimate of drug-likeness (QED) is 0.581. The SMILES string of the molecule is COCC(C)(NC(=O)CCc1ccccc1N)C(=O)OC.Cl. The molecule has 1 amide bonds. The van der Waals surface area contributed by atoms with Gasteiger partial charge in [-0.3, -0.25) is 4.79 Å². The minimum Gasteiger partial charge on any atom is -0.467 e. The maximum absolute atomic E-state index is 12.0. The van der Waals surface area contributed by atoms with Crippen molar-refractivity contribution in [3.63, 3.8) is 0 Å². The largest absolute Gasteiger partial charge is 0.467 e. The monoisotopic (exact) mass is 330 g/mol. The molecule has 6 nitrogen and oxygen atoms in total. The standard InChI is InChI=1S/C15H22N2O4.ClH/c1-15(10-20-2,14(19)21-3)17-13(18)9-8-11-6-4-5-7-12(11)16;/h4-7H,8-10,16H2,1-3H3,(H,17,18);1H. The van der Waals surface area contributed by atoms with Gasteiger partial charge in [0.05, 0.1) is 13.7 Å². The molecule has 0 spiro atoms. The number of benzene rings is 1. The van der Waals surface area contributed by atoms with Crippen LogP contribution in [0.1, 0.15) is 18.9 Å². The molecule has 3 N–H and O–H groups in total. The summed E-state index contributed by atoms with van der Waals surface area (Å²) >= 11 is 0. The van der Waals surface area contributed by atoms with Crippen LogP contribution in [0.2, 0.25) is 0 Å². The van der Waals surface area contributed by atoms with Gasteiger partial charge in [0.25, 0.3) is 0 Å². The molecule has 0 aliphatic rings. The van der Waals surface area contributed by atoms with Crippen molar-refractivity contribution >= 4 is 30.0 Å². The summed E-state index contributed by atoms with van der Waals surface area (Å²) in [5.74, 6) is -0.805. The second-order valence-corrected chi connectivity index (χ2v) is 5.00. The molecule has 7 heteroatoms. The highest BCUT2D eigenvalue weighted by atomic mass is 35.5. The molecule has 0 radical (unpaired) electrons. The molecule has 22 heavy (non-hydrogen) atoms. The Morgan fingerprint density at radius 2 is 1.91 bits per heavy atom. The summed E-state index contributed by atoms with van der Waals surface area (Å²) in [5.41, 5.74) is 6.19. The molecule has 0 fully saturated rings. The van der Waals surface area contributed by atoms with Crippen molar-refractivity contribution < 1.29 is 19.1 Å². The number of nitrogen functional groups attached to an aromatic ring is 1. The Labute approximate surface area is 136 Å². The molecule has 1 atom stereocenters. The van der Waals surface area contributed by atoms with Crippen molar-refractivity contribution in [2.24, 2.45) is 0 Å². The number of carbonyl (C=O) groups is 2. The Balaban J connectivity index is 0.00000441. The highest BCUT2D eigenvalue weighted by Gasteiger charge is 2.36. The second kappa shape index (κ2) is 9.27. The summed E-state index contributed by atoms with van der Waals surface area (Å²) in [6.07, 6.45) is 0.729. The number of ether oxygens (including phenoxy) is 2. The van der Waals surface area contributed by atoms with Gasteiger partial charge in [-0.05, 0) is 25.0 Å². The highest BCUT2D eigenvalue weighted by molar-refractivity contribution is 5.88. The zero-order valence-corrected chi connectivity index (χ0v) is 13.9. The van der Waals surface area contributed by atoms with Crippen LogP contribution in [0.3, 0.4) is 0 Å². The Morgan fingerprint density at radius 1 is 1.27 bits per heavy atom. The summed E-state index contributed by atoms with van der Waals surface area (Å²) in [6.45, 7) is 1.61. The Bertz CT molecular complexity index is 510. The summed E-state index contributed by atoms with van der Waals surface area (Å²) in [7, 11) is 2.73. The van der Waals surface area contributed by atoms with E-state index < -0.39 is 11.5 Å². The van der Waals surface area contributed by atoms with Gasteiger partial charge in [-0.2, -0.15) is 0 Å². The van der Waals surface area contributed by atoms with Crippen molar-refractivity contribution in [1.82, 2.24) is 5.32 Å². The van der Waals surface area contributed by atoms with Crippen molar-refractivity contribution in [1.29, 1.82) is 0 Å². The number of hydrogen-bond donors (Lipinski definition) is 2. The fraction of sp³-hybridized carbons (Fsp3) is 0.467. The van der Waals surface area contributed by atoms with E-state index in [1.54, 1.807) is 13.0 Å². The van der Waals surface area contributed by atoms with Gasteiger partial charge < -0.3 is 20.5 Å². The molecule has 1 rings (SSSR count). The number of methoxy groups -OCH3 is 2. The van der Waals surface area contributed by atoms with Gasteiger partial charge in [-0.25, -0.2) is 4.79 Å². The molecule has 0 aromatic heterocycles. The Kier molecular flexibility index (Phi) is 8.52. The van der Waals surface area contributed by atoms with Crippen LogP contribution >= 0.6 is 12.4 Å². The number of halogens is 1. The number of nitrogens with one attached hydrogen (secondary N) is 1. The number of esters is 1. The first kappa shape index (κ1) is 20.2. The van der Waals surface area contributed by atoms with Crippen LogP contribution in [0, 0.1) is 0 Å². The number of amides is 1. The van der Waals surface area contributed by atoms with E-state index in [9.17, 15) is 9.59 Å². The predicted octanol–water partition coefficient (Wildman–Crippen LogP) is 1.32. The summed E-state index contributed by atoms with van der Waals surface area (Å²) in [4.78, 5) is 23.8. The summed E-state index contributed by atoms with van der Waals surface area (Å²) < 4.78 is 9.67. The van der Waals surface area contributed by atoms with E-state index >= 15 is 0 Å². The van der Waals surface area contributed by atoms with Crippen molar-refractivity contribution in [2.45, 2.75) is 25.3 Å². The fourth-order valence-corrected chi connectivity index (χ4v) is 2.04. The predicted molar refractivity (Wildman–Crippen MR) is 86.9 cm³/mol. The summed E-state index contributed by atoms with van der Waals surface area (Å²) in [5, 5.41) is 2.66. The number of para-hydroxylation sites is 1. The Hall–Kier alpha value is -1.79. The minimum absolute atomic E-state index is 0. The van der Waals surface area contributed by atoms with Gasteiger partial charge in [0.1, 0.15) is 0 Å². The van der Waals surface area contributed by atoms with E-state index in [0.717, 1.165) is 5.56 Å². The molecule has 0 aliphatic carbocycles. The Morgan fingerprint density at radius 3 is 2.45 bits per heavy atom. The lowest BCUT2D eigenvalue weighted by Crippen LogP contribution is -2.55. The van der Waals surface area contributed by atoms with Gasteiger partial charge in [-0.15, -0.1) is 12.4 Å². The zero-order valence-electron chi connectivity index (χ0n) is 13.0. The van der Waals surface area contributed by atoms with Gasteiger partial charge in [0, 0.05) is 19.2 Å². The number of carbonyl (C=O) groups excluding carboxylic acids is 2. The first-order chi connectivity index (χ1) is 9.92. The van der Waals surface area contributed by atoms with E-state index in [0.29, 0.717) is 12.1 Å². The van der Waals surface area contributed by atoms with Crippen LogP contribution < -0.4 is 11.1 Å². The van der Waals surface area contributed by atoms with Gasteiger partial charge in [0.15, 0.2) is 5.54 Å². The highest BCUT2D eigenvalue weighted by Crippen LogP contribution is 2.13. The van der Waals surface area contributed by atoms with Gasteiger partial charge >= 0.3 is 5.97 Å². The van der Waals surface area contributed by atoms with E-state index in [1.807, 2.05) is 18.2 Å². The van der Waals surface area contributed by atoms with Crippen LogP contribution in [0.5, 0.6) is 0 Å². The number of aryl methyl sites for hydroxylation is 1. The van der Waals surface area contributed by atoms with E-state index in [-0.39, 0.29) is 31.3 Å². The number of anilines is 1. The van der Waals surface area contributed by atoms with Crippen molar-refractivity contribution in [3.8, 4) is 0 Å². The molecule has 0 saturated heterocycles. The van der Waals surface area contributed by atoms with Gasteiger partial charge in [-0.1, -0.05) is 18.2 Å². The first-order valence-electron chi connectivity index (χ1n) is 6.64. The third-order valence-electron chi connectivity index (χ3n) is 3.16. The average molecular weight is 331 g/mol. The maximum Gasteiger partial charge on any atom is 0.333 e. The van der Waals surface area contributed by atoms with Crippen LogP contribution in [0.15, 0.2) is 24.3 Å². The van der Waals surface area contributed by atoms with E-state index in [4.69, 9.17) is 15.2 Å². The molecule has 0 aliphatic heterocycles. The minimum atomic E-state index is -1.19. The van der Waals surface area contributed by atoms with Crippen molar-refractivity contribution in [3.05, 3.63) is 29.8 Å². The smallest absolute Gasteiger partial charge is 0.333 e. The summed E-state index contributed by atoms with van der Waals surface area (Å²) in [6, 6.07) is 7.37. The van der Waals surface area contributed by atoms with Crippen molar-refractivity contribution in [2.75, 3.05) is 26.6 Å². The maximum atomic E-state index is 12.0. The molecule has 1 aromatic carbocycles. The fourth-order valence-electron chi connectivity index (χ4n) is 2.04. The third kappa shape index (κ3) is 5.54. The number of hydrogen-bond acceptors (Lipinski definition) is 5. The van der Waals surface area contributed by atoms with Gasteiger partial charge in [0.2, 0.25) is 5.91 Å². The molecule has 124 valence electrons. The zero-order chi connectivity index (χ0) is 15.9. The third-order valence-corrected chi connectivity index (χ3v) is 3.16. The van der Waals surface area contributed by atoms with Crippen LogP contribution in [0.25, 0.3) is 0 Å². The van der Waals surface area contributed by atoms with Crippen LogP contribution in [-0.4, -0.2) is 38.2 Å². The lowest BCUT2D eigenvalue weighted by atomic mass is 10.0. The van der Waals surface area contributed by atoms with E-state index in [1.165, 1.54) is 14.2 Å². The van der Waals surface area contributed by atoms with Crippen LogP contribution in [-0.2, 0) is 25.5 Å². The molecular weight excluding hydrogens is 308 g/mol. The molecule has 0 saturated carbocycles. The molecule has 0 bridgehead atoms.